The van der Waals surface area contributed by atoms with E-state index in [9.17, 15) is 4.79 Å². The van der Waals surface area contributed by atoms with Crippen molar-refractivity contribution in [3.63, 3.8) is 0 Å². The number of nitrogens with one attached hydrogen (secondary N) is 2. The summed E-state index contributed by atoms with van der Waals surface area (Å²) in [6, 6.07) is 0.444. The van der Waals surface area contributed by atoms with Crippen molar-refractivity contribution in [1.82, 2.24) is 10.6 Å². The van der Waals surface area contributed by atoms with Gasteiger partial charge in [0.1, 0.15) is 0 Å². The van der Waals surface area contributed by atoms with Gasteiger partial charge in [-0.25, -0.2) is 0 Å². The lowest BCUT2D eigenvalue weighted by Crippen LogP contribution is -2.46. The Bertz CT molecular complexity index is 211. The van der Waals surface area contributed by atoms with Gasteiger partial charge in [0.15, 0.2) is 0 Å². The van der Waals surface area contributed by atoms with Crippen molar-refractivity contribution >= 4 is 17.7 Å². The zero-order valence-electron chi connectivity index (χ0n) is 9.88. The van der Waals surface area contributed by atoms with Crippen molar-refractivity contribution in [2.45, 2.75) is 50.9 Å². The van der Waals surface area contributed by atoms with Crippen LogP contribution in [0.3, 0.4) is 0 Å². The molecular formula is C11H22N2OS. The van der Waals surface area contributed by atoms with Gasteiger partial charge in [-0.1, -0.05) is 13.8 Å². The zero-order chi connectivity index (χ0) is 11.3. The van der Waals surface area contributed by atoms with Crippen molar-refractivity contribution in [3.8, 4) is 0 Å². The number of carbonyl (C=O) groups excluding carboxylic acids is 1. The SMILES string of the molecule is CCCNC(=O)C(C)NC1CSC(C)C1. The third kappa shape index (κ3) is 4.43. The maximum absolute atomic E-state index is 11.6. The van der Waals surface area contributed by atoms with Gasteiger partial charge in [0, 0.05) is 23.6 Å². The maximum Gasteiger partial charge on any atom is 0.236 e. The van der Waals surface area contributed by atoms with Crippen LogP contribution in [0, 0.1) is 0 Å². The molecule has 1 aliphatic rings. The molecule has 0 aromatic rings. The van der Waals surface area contributed by atoms with Gasteiger partial charge in [0.2, 0.25) is 5.91 Å². The molecule has 0 aromatic carbocycles. The van der Waals surface area contributed by atoms with Gasteiger partial charge < -0.3 is 10.6 Å². The number of hydrogen-bond donors (Lipinski definition) is 2. The molecule has 3 atom stereocenters. The fourth-order valence-electron chi connectivity index (χ4n) is 1.76. The average molecular weight is 230 g/mol. The molecule has 15 heavy (non-hydrogen) atoms. The van der Waals surface area contributed by atoms with E-state index in [1.807, 2.05) is 18.7 Å². The second-order valence-electron chi connectivity index (χ2n) is 4.26. The van der Waals surface area contributed by atoms with Gasteiger partial charge in [-0.15, -0.1) is 0 Å². The second kappa shape index (κ2) is 6.38. The molecule has 1 aliphatic heterocycles. The van der Waals surface area contributed by atoms with Crippen LogP contribution in [0.1, 0.15) is 33.6 Å². The molecular weight excluding hydrogens is 208 g/mol. The van der Waals surface area contributed by atoms with E-state index < -0.39 is 0 Å². The second-order valence-corrected chi connectivity index (χ2v) is 5.73. The molecule has 3 unspecified atom stereocenters. The van der Waals surface area contributed by atoms with Gasteiger partial charge in [-0.2, -0.15) is 11.8 Å². The topological polar surface area (TPSA) is 41.1 Å². The van der Waals surface area contributed by atoms with Crippen LogP contribution in [-0.4, -0.2) is 35.5 Å². The fourth-order valence-corrected chi connectivity index (χ4v) is 2.93. The van der Waals surface area contributed by atoms with E-state index in [-0.39, 0.29) is 11.9 Å². The lowest BCUT2D eigenvalue weighted by atomic mass is 10.1. The van der Waals surface area contributed by atoms with Gasteiger partial charge >= 0.3 is 0 Å². The van der Waals surface area contributed by atoms with Crippen LogP contribution in [0.2, 0.25) is 0 Å². The molecule has 4 heteroatoms. The standard InChI is InChI=1S/C11H22N2OS/c1-4-5-12-11(14)9(3)13-10-6-8(2)15-7-10/h8-10,13H,4-7H2,1-3H3,(H,12,14). The van der Waals surface area contributed by atoms with E-state index in [0.717, 1.165) is 24.0 Å². The monoisotopic (exact) mass is 230 g/mol. The summed E-state index contributed by atoms with van der Waals surface area (Å²) in [6.45, 7) is 7.03. The highest BCUT2D eigenvalue weighted by atomic mass is 32.2. The van der Waals surface area contributed by atoms with E-state index in [2.05, 4.69) is 24.5 Å². The average Bonchev–Trinajstić information content (AvgIpc) is 2.60. The van der Waals surface area contributed by atoms with E-state index in [4.69, 9.17) is 0 Å². The van der Waals surface area contributed by atoms with Gasteiger partial charge in [-0.05, 0) is 19.8 Å². The van der Waals surface area contributed by atoms with Gasteiger partial charge in [0.05, 0.1) is 6.04 Å². The number of carbonyl (C=O) groups is 1. The Hall–Kier alpha value is -0.220. The summed E-state index contributed by atoms with van der Waals surface area (Å²) in [7, 11) is 0. The Morgan fingerprint density at radius 3 is 2.87 bits per heavy atom. The van der Waals surface area contributed by atoms with E-state index in [1.165, 1.54) is 6.42 Å². The first kappa shape index (κ1) is 12.8. The number of amides is 1. The van der Waals surface area contributed by atoms with E-state index in [1.54, 1.807) is 0 Å². The third-order valence-corrected chi connectivity index (χ3v) is 3.98. The minimum atomic E-state index is -0.0625. The molecule has 1 fully saturated rings. The molecule has 2 N–H and O–H groups in total. The number of rotatable bonds is 5. The minimum absolute atomic E-state index is 0.0625. The molecule has 1 saturated heterocycles. The zero-order valence-corrected chi connectivity index (χ0v) is 10.7. The van der Waals surface area contributed by atoms with Crippen molar-refractivity contribution in [1.29, 1.82) is 0 Å². The van der Waals surface area contributed by atoms with Crippen LogP contribution in [0.15, 0.2) is 0 Å². The summed E-state index contributed by atoms with van der Waals surface area (Å²) >= 11 is 1.98. The van der Waals surface area contributed by atoms with Crippen LogP contribution < -0.4 is 10.6 Å². The van der Waals surface area contributed by atoms with Gasteiger partial charge in [-0.3, -0.25) is 4.79 Å². The molecule has 0 radical (unpaired) electrons. The lowest BCUT2D eigenvalue weighted by molar-refractivity contribution is -0.122. The molecule has 88 valence electrons. The number of hydrogen-bond acceptors (Lipinski definition) is 3. The molecule has 1 heterocycles. The van der Waals surface area contributed by atoms with Crippen molar-refractivity contribution in [2.75, 3.05) is 12.3 Å². The summed E-state index contributed by atoms with van der Waals surface area (Å²) in [5.41, 5.74) is 0. The summed E-state index contributed by atoms with van der Waals surface area (Å²) in [5.74, 6) is 1.26. The predicted octanol–water partition coefficient (Wildman–Crippen LogP) is 1.38. The Labute approximate surface area is 96.8 Å². The van der Waals surface area contributed by atoms with Gasteiger partial charge in [0.25, 0.3) is 0 Å². The smallest absolute Gasteiger partial charge is 0.236 e. The van der Waals surface area contributed by atoms with E-state index in [0.29, 0.717) is 6.04 Å². The Morgan fingerprint density at radius 2 is 2.33 bits per heavy atom. The van der Waals surface area contributed by atoms with Crippen LogP contribution >= 0.6 is 11.8 Å². The maximum atomic E-state index is 11.6. The first-order valence-corrected chi connectivity index (χ1v) is 6.83. The van der Waals surface area contributed by atoms with Crippen LogP contribution in [0.25, 0.3) is 0 Å². The van der Waals surface area contributed by atoms with Crippen molar-refractivity contribution in [3.05, 3.63) is 0 Å². The van der Waals surface area contributed by atoms with Crippen LogP contribution in [0.5, 0.6) is 0 Å². The molecule has 0 spiro atoms. The first-order chi connectivity index (χ1) is 7.13. The summed E-state index contributed by atoms with van der Waals surface area (Å²) in [5, 5.41) is 7.02. The minimum Gasteiger partial charge on any atom is -0.355 e. The quantitative estimate of drug-likeness (QED) is 0.750. The largest absolute Gasteiger partial charge is 0.355 e. The molecule has 0 bridgehead atoms. The third-order valence-electron chi connectivity index (χ3n) is 2.63. The highest BCUT2D eigenvalue weighted by molar-refractivity contribution is 8.00. The lowest BCUT2D eigenvalue weighted by Gasteiger charge is -2.18. The summed E-state index contributed by atoms with van der Waals surface area (Å²) in [4.78, 5) is 11.6. The normalized spacial score (nSPS) is 27.7. The summed E-state index contributed by atoms with van der Waals surface area (Å²) < 4.78 is 0. The molecule has 0 aliphatic carbocycles. The fraction of sp³-hybridized carbons (Fsp3) is 0.909. The molecule has 0 saturated carbocycles. The molecule has 1 rings (SSSR count). The summed E-state index contributed by atoms with van der Waals surface area (Å²) in [6.07, 6.45) is 2.17. The highest BCUT2D eigenvalue weighted by Gasteiger charge is 2.24. The molecule has 1 amide bonds. The van der Waals surface area contributed by atoms with Crippen molar-refractivity contribution < 1.29 is 4.79 Å². The van der Waals surface area contributed by atoms with Crippen LogP contribution in [-0.2, 0) is 4.79 Å². The molecule has 3 nitrogen and oxygen atoms in total. The van der Waals surface area contributed by atoms with Crippen LogP contribution in [0.4, 0.5) is 0 Å². The van der Waals surface area contributed by atoms with Crippen molar-refractivity contribution in [2.24, 2.45) is 0 Å². The highest BCUT2D eigenvalue weighted by Crippen LogP contribution is 2.26. The Balaban J connectivity index is 2.22. The first-order valence-electron chi connectivity index (χ1n) is 5.78. The predicted molar refractivity (Wildman–Crippen MR) is 66.2 cm³/mol. The van der Waals surface area contributed by atoms with E-state index >= 15 is 0 Å². The molecule has 0 aromatic heterocycles. The number of thioether (sulfide) groups is 1. The Kier molecular flexibility index (Phi) is 5.47. The Morgan fingerprint density at radius 1 is 1.60 bits per heavy atom.